The van der Waals surface area contributed by atoms with Crippen molar-refractivity contribution in [2.45, 2.75) is 36.8 Å². The first kappa shape index (κ1) is 13.5. The molecule has 0 unspecified atom stereocenters. The van der Waals surface area contributed by atoms with Crippen LogP contribution in [0.1, 0.15) is 42.0 Å². The van der Waals surface area contributed by atoms with Crippen LogP contribution in [0.15, 0.2) is 20.7 Å². The van der Waals surface area contributed by atoms with Crippen LogP contribution < -0.4 is 0 Å². The number of carbonyl (C=O) groups is 1. The van der Waals surface area contributed by atoms with Gasteiger partial charge in [0.2, 0.25) is 5.89 Å². The quantitative estimate of drug-likeness (QED) is 0.908. The van der Waals surface area contributed by atoms with E-state index in [1.54, 1.807) is 6.92 Å². The predicted molar refractivity (Wildman–Crippen MR) is 66.2 cm³/mol. The first-order valence-electron chi connectivity index (χ1n) is 5.55. The second kappa shape index (κ2) is 5.35. The third-order valence-electron chi connectivity index (χ3n) is 2.20. The molecule has 0 saturated heterocycles. The van der Waals surface area contributed by atoms with E-state index >= 15 is 0 Å². The van der Waals surface area contributed by atoms with Crippen LogP contribution in [-0.2, 0) is 0 Å². The van der Waals surface area contributed by atoms with Crippen LogP contribution in [0.5, 0.6) is 0 Å². The lowest BCUT2D eigenvalue weighted by Gasteiger charge is -2.07. The van der Waals surface area contributed by atoms with Crippen molar-refractivity contribution in [2.75, 3.05) is 0 Å². The summed E-state index contributed by atoms with van der Waals surface area (Å²) in [6.45, 7) is 5.46. The summed E-state index contributed by atoms with van der Waals surface area (Å²) < 4.78 is 5.19. The maximum Gasteiger partial charge on any atom is 0.355 e. The molecule has 0 fully saturated rings. The monoisotopic (exact) mass is 280 g/mol. The van der Waals surface area contributed by atoms with Gasteiger partial charge >= 0.3 is 5.97 Å². The molecule has 2 aromatic rings. The molecule has 0 amide bonds. The number of aromatic carboxylic acids is 1. The summed E-state index contributed by atoms with van der Waals surface area (Å²) in [4.78, 5) is 19.8. The SMILES string of the molecule is Cc1nnc(Sc2cnc(C(C)C)nc2C(=O)O)o1. The molecule has 0 bridgehead atoms. The number of hydrogen-bond donors (Lipinski definition) is 1. The van der Waals surface area contributed by atoms with Crippen LogP contribution >= 0.6 is 11.8 Å². The molecule has 0 atom stereocenters. The normalized spacial score (nSPS) is 10.9. The molecule has 19 heavy (non-hydrogen) atoms. The van der Waals surface area contributed by atoms with Crippen LogP contribution in [0.3, 0.4) is 0 Å². The summed E-state index contributed by atoms with van der Waals surface area (Å²) in [5.41, 5.74) is -0.0560. The summed E-state index contributed by atoms with van der Waals surface area (Å²) in [5.74, 6) is -0.145. The van der Waals surface area contributed by atoms with Gasteiger partial charge in [-0.1, -0.05) is 13.8 Å². The van der Waals surface area contributed by atoms with E-state index in [0.717, 1.165) is 11.8 Å². The highest BCUT2D eigenvalue weighted by atomic mass is 32.2. The summed E-state index contributed by atoms with van der Waals surface area (Å²) >= 11 is 1.04. The first-order valence-corrected chi connectivity index (χ1v) is 6.37. The summed E-state index contributed by atoms with van der Waals surface area (Å²) in [7, 11) is 0. The Labute approximate surface area is 113 Å². The van der Waals surface area contributed by atoms with Gasteiger partial charge in [-0.25, -0.2) is 14.8 Å². The van der Waals surface area contributed by atoms with Gasteiger partial charge in [-0.05, 0) is 11.8 Å². The molecule has 2 rings (SSSR count). The molecule has 0 aromatic carbocycles. The number of rotatable bonds is 4. The topological polar surface area (TPSA) is 102 Å². The fraction of sp³-hybridized carbons (Fsp3) is 0.364. The molecule has 2 heterocycles. The molecule has 0 aliphatic rings. The van der Waals surface area contributed by atoms with Gasteiger partial charge in [0.15, 0.2) is 5.69 Å². The average Bonchev–Trinajstić information content (AvgIpc) is 2.74. The van der Waals surface area contributed by atoms with Crippen LogP contribution in [0, 0.1) is 6.92 Å². The highest BCUT2D eigenvalue weighted by Crippen LogP contribution is 2.28. The summed E-state index contributed by atoms with van der Waals surface area (Å²) in [6, 6.07) is 0. The number of aryl methyl sites for hydroxylation is 1. The lowest BCUT2D eigenvalue weighted by molar-refractivity contribution is 0.0685. The van der Waals surface area contributed by atoms with E-state index in [9.17, 15) is 9.90 Å². The predicted octanol–water partition coefficient (Wildman–Crippen LogP) is 2.14. The molecule has 2 aromatic heterocycles. The Morgan fingerprint density at radius 3 is 2.68 bits per heavy atom. The third-order valence-corrected chi connectivity index (χ3v) is 3.06. The number of carboxylic acids is 1. The van der Waals surface area contributed by atoms with Crippen molar-refractivity contribution in [3.8, 4) is 0 Å². The minimum Gasteiger partial charge on any atom is -0.476 e. The zero-order chi connectivity index (χ0) is 14.0. The van der Waals surface area contributed by atoms with E-state index < -0.39 is 5.97 Å². The first-order chi connectivity index (χ1) is 8.97. The van der Waals surface area contributed by atoms with Crippen molar-refractivity contribution in [1.82, 2.24) is 20.2 Å². The summed E-state index contributed by atoms with van der Waals surface area (Å²) in [6.07, 6.45) is 1.47. The van der Waals surface area contributed by atoms with Gasteiger partial charge in [0.25, 0.3) is 5.22 Å². The van der Waals surface area contributed by atoms with E-state index in [1.807, 2.05) is 13.8 Å². The second-order valence-electron chi connectivity index (χ2n) is 4.09. The van der Waals surface area contributed by atoms with Crippen LogP contribution in [-0.4, -0.2) is 31.2 Å². The van der Waals surface area contributed by atoms with Crippen molar-refractivity contribution in [3.63, 3.8) is 0 Å². The van der Waals surface area contributed by atoms with Gasteiger partial charge in [0, 0.05) is 19.0 Å². The van der Waals surface area contributed by atoms with Crippen LogP contribution in [0.2, 0.25) is 0 Å². The van der Waals surface area contributed by atoms with Gasteiger partial charge in [-0.15, -0.1) is 10.2 Å². The van der Waals surface area contributed by atoms with E-state index in [1.165, 1.54) is 6.20 Å². The Morgan fingerprint density at radius 1 is 1.42 bits per heavy atom. The fourth-order valence-electron chi connectivity index (χ4n) is 1.30. The molecule has 0 aliphatic carbocycles. The largest absolute Gasteiger partial charge is 0.476 e. The standard InChI is InChI=1S/C11H12N4O3S/c1-5(2)9-12-4-7(8(13-9)10(16)17)19-11-15-14-6(3)18-11/h4-5H,1-3H3,(H,16,17). The van der Waals surface area contributed by atoms with Gasteiger partial charge in [-0.3, -0.25) is 0 Å². The van der Waals surface area contributed by atoms with Crippen LogP contribution in [0.4, 0.5) is 0 Å². The van der Waals surface area contributed by atoms with Crippen molar-refractivity contribution >= 4 is 17.7 Å². The molecule has 0 saturated carbocycles. The maximum atomic E-state index is 11.2. The highest BCUT2D eigenvalue weighted by molar-refractivity contribution is 7.99. The van der Waals surface area contributed by atoms with Crippen molar-refractivity contribution < 1.29 is 14.3 Å². The van der Waals surface area contributed by atoms with Crippen molar-refractivity contribution in [2.24, 2.45) is 0 Å². The minimum atomic E-state index is -1.11. The van der Waals surface area contributed by atoms with Gasteiger partial charge < -0.3 is 9.52 Å². The zero-order valence-corrected chi connectivity index (χ0v) is 11.4. The lowest BCUT2D eigenvalue weighted by atomic mass is 10.2. The maximum absolute atomic E-state index is 11.2. The number of aromatic nitrogens is 4. The zero-order valence-electron chi connectivity index (χ0n) is 10.6. The van der Waals surface area contributed by atoms with Gasteiger partial charge in [-0.2, -0.15) is 0 Å². The molecule has 8 heteroatoms. The van der Waals surface area contributed by atoms with Crippen molar-refractivity contribution in [1.29, 1.82) is 0 Å². The van der Waals surface area contributed by atoms with Gasteiger partial charge in [0.1, 0.15) is 5.82 Å². The molecular formula is C11H12N4O3S. The fourth-order valence-corrected chi connectivity index (χ4v) is 2.07. The molecule has 100 valence electrons. The second-order valence-corrected chi connectivity index (χ2v) is 5.08. The average molecular weight is 280 g/mol. The Hall–Kier alpha value is -1.96. The van der Waals surface area contributed by atoms with Crippen molar-refractivity contribution in [3.05, 3.63) is 23.6 Å². The van der Waals surface area contributed by atoms with Crippen LogP contribution in [0.25, 0.3) is 0 Å². The third kappa shape index (κ3) is 3.08. The van der Waals surface area contributed by atoms with E-state index in [0.29, 0.717) is 16.6 Å². The molecular weight excluding hydrogens is 268 g/mol. The summed E-state index contributed by atoms with van der Waals surface area (Å²) in [5, 5.41) is 16.9. The highest BCUT2D eigenvalue weighted by Gasteiger charge is 2.18. The molecule has 1 N–H and O–H groups in total. The van der Waals surface area contributed by atoms with Gasteiger partial charge in [0.05, 0.1) is 4.90 Å². The molecule has 7 nitrogen and oxygen atoms in total. The Balaban J connectivity index is 2.36. The van der Waals surface area contributed by atoms with E-state index in [4.69, 9.17) is 4.42 Å². The lowest BCUT2D eigenvalue weighted by Crippen LogP contribution is -2.08. The molecule has 0 spiro atoms. The minimum absolute atomic E-state index is 0.0560. The molecule has 0 radical (unpaired) electrons. The van der Waals surface area contributed by atoms with E-state index in [-0.39, 0.29) is 16.8 Å². The number of nitrogens with zero attached hydrogens (tertiary/aromatic N) is 4. The Bertz CT molecular complexity index is 612. The number of hydrogen-bond acceptors (Lipinski definition) is 7. The Morgan fingerprint density at radius 2 is 2.16 bits per heavy atom. The Kier molecular flexibility index (Phi) is 3.79. The molecule has 0 aliphatic heterocycles. The number of carboxylic acid groups (broad SMARTS) is 1. The smallest absolute Gasteiger partial charge is 0.355 e. The van der Waals surface area contributed by atoms with E-state index in [2.05, 4.69) is 20.2 Å².